The van der Waals surface area contributed by atoms with E-state index in [-0.39, 0.29) is 0 Å². The molecule has 0 atom stereocenters. The largest absolute Gasteiger partial charge is 0.218 e. The summed E-state index contributed by atoms with van der Waals surface area (Å²) in [7, 11) is -3.36. The zero-order valence-electron chi connectivity index (χ0n) is 8.44. The molecular formula is C12H6Br2O2S. The molecular weight excluding hydrogens is 368 g/mol. The number of benzene rings is 2. The van der Waals surface area contributed by atoms with Gasteiger partial charge in [0.05, 0.1) is 9.79 Å². The summed E-state index contributed by atoms with van der Waals surface area (Å²) in [6, 6.07) is 10.4. The van der Waals surface area contributed by atoms with E-state index in [1.165, 1.54) is 0 Å². The van der Waals surface area contributed by atoms with Crippen molar-refractivity contribution in [3.05, 3.63) is 45.3 Å². The van der Waals surface area contributed by atoms with Gasteiger partial charge in [0.2, 0.25) is 9.84 Å². The third-order valence-electron chi connectivity index (χ3n) is 2.79. The second-order valence-corrected chi connectivity index (χ2v) is 7.27. The number of fused-ring (bicyclic) bond motifs is 3. The van der Waals surface area contributed by atoms with E-state index in [9.17, 15) is 8.42 Å². The molecule has 3 rings (SSSR count). The summed E-state index contributed by atoms with van der Waals surface area (Å²) in [5.74, 6) is 0. The highest BCUT2D eigenvalue weighted by atomic mass is 79.9. The zero-order valence-corrected chi connectivity index (χ0v) is 12.4. The molecule has 0 saturated heterocycles. The highest BCUT2D eigenvalue weighted by Crippen LogP contribution is 2.48. The maximum atomic E-state index is 12.3. The Kier molecular flexibility index (Phi) is 2.47. The Morgan fingerprint density at radius 2 is 1.59 bits per heavy atom. The maximum Gasteiger partial charge on any atom is 0.207 e. The van der Waals surface area contributed by atoms with E-state index >= 15 is 0 Å². The molecule has 2 nitrogen and oxygen atoms in total. The van der Waals surface area contributed by atoms with Crippen LogP contribution >= 0.6 is 31.9 Å². The standard InChI is InChI=1S/C12H6Br2O2S/c13-8-5-6-10-11(12(8)14)7-3-1-2-4-9(7)17(10,15)16/h1-6H. The minimum atomic E-state index is -3.36. The van der Waals surface area contributed by atoms with E-state index in [1.54, 1.807) is 24.3 Å². The molecule has 0 saturated carbocycles. The molecule has 0 N–H and O–H groups in total. The smallest absolute Gasteiger partial charge is 0.207 e. The predicted molar refractivity (Wildman–Crippen MR) is 72.7 cm³/mol. The lowest BCUT2D eigenvalue weighted by molar-refractivity contribution is 0.598. The van der Waals surface area contributed by atoms with E-state index in [0.717, 1.165) is 20.1 Å². The zero-order chi connectivity index (χ0) is 12.2. The Bertz CT molecular complexity index is 736. The molecule has 1 heterocycles. The average Bonchev–Trinajstić information content (AvgIpc) is 2.54. The van der Waals surface area contributed by atoms with Gasteiger partial charge in [0, 0.05) is 20.1 Å². The normalized spacial score (nSPS) is 15.4. The molecule has 86 valence electrons. The van der Waals surface area contributed by atoms with E-state index in [4.69, 9.17) is 0 Å². The number of hydrogen-bond donors (Lipinski definition) is 0. The number of sulfone groups is 1. The summed E-state index contributed by atoms with van der Waals surface area (Å²) in [6.07, 6.45) is 0. The molecule has 1 aliphatic heterocycles. The lowest BCUT2D eigenvalue weighted by Gasteiger charge is -2.04. The minimum Gasteiger partial charge on any atom is -0.218 e. The third-order valence-corrected chi connectivity index (χ3v) is 6.66. The molecule has 0 spiro atoms. The minimum absolute atomic E-state index is 0.369. The summed E-state index contributed by atoms with van der Waals surface area (Å²) in [5, 5.41) is 0. The number of halogens is 2. The van der Waals surface area contributed by atoms with Crippen LogP contribution in [0.15, 0.2) is 55.1 Å². The molecule has 5 heteroatoms. The molecule has 2 aromatic carbocycles. The SMILES string of the molecule is O=S1(=O)c2ccccc2-c2c1ccc(Br)c2Br. The van der Waals surface area contributed by atoms with Crippen molar-refractivity contribution < 1.29 is 8.42 Å². The maximum absolute atomic E-state index is 12.3. The van der Waals surface area contributed by atoms with E-state index < -0.39 is 9.84 Å². The van der Waals surface area contributed by atoms with E-state index in [0.29, 0.717) is 9.79 Å². The van der Waals surface area contributed by atoms with Crippen LogP contribution in [-0.4, -0.2) is 8.42 Å². The Morgan fingerprint density at radius 3 is 2.35 bits per heavy atom. The molecule has 0 radical (unpaired) electrons. The van der Waals surface area contributed by atoms with Crippen LogP contribution in [0.1, 0.15) is 0 Å². The van der Waals surface area contributed by atoms with Gasteiger partial charge in [0.15, 0.2) is 0 Å². The van der Waals surface area contributed by atoms with Gasteiger partial charge in [-0.3, -0.25) is 0 Å². The molecule has 0 unspecified atom stereocenters. The van der Waals surface area contributed by atoms with Gasteiger partial charge in [-0.15, -0.1) is 0 Å². The van der Waals surface area contributed by atoms with Gasteiger partial charge in [-0.2, -0.15) is 0 Å². The summed E-state index contributed by atoms with van der Waals surface area (Å²) in [5.41, 5.74) is 1.51. The second-order valence-electron chi connectivity index (χ2n) is 3.73. The van der Waals surface area contributed by atoms with Crippen LogP contribution in [0, 0.1) is 0 Å². The highest BCUT2D eigenvalue weighted by molar-refractivity contribution is 9.13. The van der Waals surface area contributed by atoms with Crippen LogP contribution in [0.4, 0.5) is 0 Å². The van der Waals surface area contributed by atoms with E-state index in [1.807, 2.05) is 12.1 Å². The molecule has 1 aliphatic rings. The summed E-state index contributed by atoms with van der Waals surface area (Å²) < 4.78 is 26.2. The Hall–Kier alpha value is -0.650. The van der Waals surface area contributed by atoms with Gasteiger partial charge < -0.3 is 0 Å². The first-order valence-electron chi connectivity index (χ1n) is 4.86. The summed E-state index contributed by atoms with van der Waals surface area (Å²) >= 11 is 6.84. The van der Waals surface area contributed by atoms with Gasteiger partial charge >= 0.3 is 0 Å². The fraction of sp³-hybridized carbons (Fsp3) is 0. The first kappa shape index (κ1) is 11.4. The van der Waals surface area contributed by atoms with Crippen LogP contribution in [0.5, 0.6) is 0 Å². The van der Waals surface area contributed by atoms with Gasteiger partial charge in [-0.1, -0.05) is 18.2 Å². The van der Waals surface area contributed by atoms with Crippen molar-refractivity contribution in [2.75, 3.05) is 0 Å². The fourth-order valence-electron chi connectivity index (χ4n) is 2.03. The predicted octanol–water partition coefficient (Wildman–Crippen LogP) is 4.02. The van der Waals surface area contributed by atoms with Crippen molar-refractivity contribution in [3.8, 4) is 11.1 Å². The van der Waals surface area contributed by atoms with Crippen molar-refractivity contribution in [1.29, 1.82) is 0 Å². The summed E-state index contributed by atoms with van der Waals surface area (Å²) in [4.78, 5) is 0.752. The van der Waals surface area contributed by atoms with Gasteiger partial charge in [-0.25, -0.2) is 8.42 Å². The molecule has 0 amide bonds. The Balaban J connectivity index is 2.55. The topological polar surface area (TPSA) is 34.1 Å². The van der Waals surface area contributed by atoms with Gasteiger partial charge in [-0.05, 0) is 50.1 Å². The van der Waals surface area contributed by atoms with Crippen LogP contribution in [0.2, 0.25) is 0 Å². The number of hydrogen-bond acceptors (Lipinski definition) is 2. The van der Waals surface area contributed by atoms with Crippen LogP contribution < -0.4 is 0 Å². The molecule has 0 aromatic heterocycles. The molecule has 2 aromatic rings. The molecule has 0 bridgehead atoms. The average molecular weight is 374 g/mol. The Morgan fingerprint density at radius 1 is 0.882 bits per heavy atom. The quantitative estimate of drug-likeness (QED) is 0.596. The third kappa shape index (κ3) is 1.46. The van der Waals surface area contributed by atoms with Crippen molar-refractivity contribution in [2.24, 2.45) is 0 Å². The van der Waals surface area contributed by atoms with E-state index in [2.05, 4.69) is 31.9 Å². The lowest BCUT2D eigenvalue weighted by Crippen LogP contribution is -1.96. The molecule has 0 fully saturated rings. The first-order chi connectivity index (χ1) is 8.03. The lowest BCUT2D eigenvalue weighted by atomic mass is 10.1. The highest BCUT2D eigenvalue weighted by Gasteiger charge is 2.34. The van der Waals surface area contributed by atoms with Gasteiger partial charge in [0.1, 0.15) is 0 Å². The van der Waals surface area contributed by atoms with Crippen LogP contribution in [0.3, 0.4) is 0 Å². The van der Waals surface area contributed by atoms with Crippen LogP contribution in [0.25, 0.3) is 11.1 Å². The first-order valence-corrected chi connectivity index (χ1v) is 7.93. The Labute approximate surface area is 116 Å². The van der Waals surface area contributed by atoms with Gasteiger partial charge in [0.25, 0.3) is 0 Å². The monoisotopic (exact) mass is 372 g/mol. The molecule has 17 heavy (non-hydrogen) atoms. The van der Waals surface area contributed by atoms with Crippen molar-refractivity contribution >= 4 is 41.7 Å². The summed E-state index contributed by atoms with van der Waals surface area (Å²) in [6.45, 7) is 0. The van der Waals surface area contributed by atoms with Crippen molar-refractivity contribution in [2.45, 2.75) is 9.79 Å². The van der Waals surface area contributed by atoms with Crippen LogP contribution in [-0.2, 0) is 9.84 Å². The second kappa shape index (κ2) is 3.67. The number of rotatable bonds is 0. The molecule has 0 aliphatic carbocycles. The van der Waals surface area contributed by atoms with Crippen molar-refractivity contribution in [1.82, 2.24) is 0 Å². The fourth-order valence-corrected chi connectivity index (χ4v) is 4.74. The van der Waals surface area contributed by atoms with Crippen molar-refractivity contribution in [3.63, 3.8) is 0 Å².